The first-order valence-electron chi connectivity index (χ1n) is 7.94. The van der Waals surface area contributed by atoms with Crippen molar-refractivity contribution in [2.75, 3.05) is 14.2 Å². The summed E-state index contributed by atoms with van der Waals surface area (Å²) in [6, 6.07) is 11.9. The molecule has 0 unspecified atom stereocenters. The van der Waals surface area contributed by atoms with Crippen LogP contribution in [0, 0.1) is 0 Å². The maximum atomic E-state index is 11.8. The Hall–Kier alpha value is -1.65. The van der Waals surface area contributed by atoms with Gasteiger partial charge in [0.2, 0.25) is 0 Å². The van der Waals surface area contributed by atoms with Crippen molar-refractivity contribution in [2.45, 2.75) is 36.8 Å². The molecule has 0 radical (unpaired) electrons. The first-order chi connectivity index (χ1) is 11.8. The molecular weight excluding hydrogens is 356 g/mol. The number of hydrogen-bond donors (Lipinski definition) is 0. The fraction of sp³-hybridized carbons (Fsp3) is 0.350. The monoisotopic (exact) mass is 378 g/mol. The molecule has 0 aliphatic carbocycles. The van der Waals surface area contributed by atoms with E-state index >= 15 is 0 Å². The highest BCUT2D eigenvalue weighted by atomic mass is 35.5. The van der Waals surface area contributed by atoms with Crippen molar-refractivity contribution in [3.05, 3.63) is 58.1 Å². The summed E-state index contributed by atoms with van der Waals surface area (Å²) in [5.74, 6) is 0.911. The molecule has 25 heavy (non-hydrogen) atoms. The molecule has 0 saturated carbocycles. The Bertz CT molecular complexity index is 749. The fourth-order valence-electron chi connectivity index (χ4n) is 2.37. The fourth-order valence-corrected chi connectivity index (χ4v) is 3.77. The van der Waals surface area contributed by atoms with Crippen LogP contribution in [0.2, 0.25) is 5.02 Å². The molecule has 0 bridgehead atoms. The van der Waals surface area contributed by atoms with Gasteiger partial charge in [-0.05, 0) is 28.7 Å². The van der Waals surface area contributed by atoms with Gasteiger partial charge in [-0.25, -0.2) is 4.79 Å². The molecule has 0 aromatic heterocycles. The van der Waals surface area contributed by atoms with Gasteiger partial charge >= 0.3 is 5.97 Å². The number of thioether (sulfide) groups is 1. The highest BCUT2D eigenvalue weighted by Gasteiger charge is 2.16. The van der Waals surface area contributed by atoms with Crippen LogP contribution in [0.1, 0.15) is 42.3 Å². The summed E-state index contributed by atoms with van der Waals surface area (Å²) in [6.07, 6.45) is 0. The maximum Gasteiger partial charge on any atom is 0.337 e. The molecule has 0 fully saturated rings. The lowest BCUT2D eigenvalue weighted by molar-refractivity contribution is 0.0600. The van der Waals surface area contributed by atoms with Crippen LogP contribution in [0.3, 0.4) is 0 Å². The highest BCUT2D eigenvalue weighted by molar-refractivity contribution is 7.98. The number of methoxy groups -OCH3 is 2. The molecule has 3 nitrogen and oxygen atoms in total. The molecule has 0 amide bonds. The number of benzene rings is 2. The van der Waals surface area contributed by atoms with Gasteiger partial charge in [-0.15, -0.1) is 11.8 Å². The minimum Gasteiger partial charge on any atom is -0.494 e. The van der Waals surface area contributed by atoms with E-state index in [-0.39, 0.29) is 5.41 Å². The number of carbonyl (C=O) groups excluding carboxylic acids is 1. The first kappa shape index (κ1) is 19.7. The second kappa shape index (κ2) is 8.15. The second-order valence-corrected chi connectivity index (χ2v) is 8.14. The Morgan fingerprint density at radius 3 is 2.28 bits per heavy atom. The number of rotatable bonds is 5. The molecule has 0 aliphatic heterocycles. The molecule has 2 rings (SSSR count). The van der Waals surface area contributed by atoms with E-state index in [1.807, 2.05) is 0 Å². The van der Waals surface area contributed by atoms with E-state index in [2.05, 4.69) is 45.0 Å². The second-order valence-electron chi connectivity index (χ2n) is 6.72. The topological polar surface area (TPSA) is 35.5 Å². The van der Waals surface area contributed by atoms with Gasteiger partial charge in [0.05, 0.1) is 29.7 Å². The van der Waals surface area contributed by atoms with Crippen molar-refractivity contribution >= 4 is 29.3 Å². The van der Waals surface area contributed by atoms with Crippen LogP contribution in [0.25, 0.3) is 0 Å². The standard InChI is InChI=1S/C20H23ClO3S/c1-20(2,3)15-8-6-13(7-9-15)12-25-17-11-14(19(22)24-5)10-16(21)18(17)23-4/h6-11H,12H2,1-5H3. The van der Waals surface area contributed by atoms with Gasteiger partial charge < -0.3 is 9.47 Å². The largest absolute Gasteiger partial charge is 0.494 e. The summed E-state index contributed by atoms with van der Waals surface area (Å²) in [7, 11) is 2.92. The minimum absolute atomic E-state index is 0.136. The Kier molecular flexibility index (Phi) is 6.42. The zero-order valence-electron chi connectivity index (χ0n) is 15.2. The van der Waals surface area contributed by atoms with Gasteiger partial charge in [-0.2, -0.15) is 0 Å². The molecule has 0 saturated heterocycles. The van der Waals surface area contributed by atoms with Crippen molar-refractivity contribution in [1.82, 2.24) is 0 Å². The zero-order chi connectivity index (χ0) is 18.6. The van der Waals surface area contributed by atoms with Crippen LogP contribution >= 0.6 is 23.4 Å². The normalized spacial score (nSPS) is 11.3. The molecule has 5 heteroatoms. The first-order valence-corrected chi connectivity index (χ1v) is 9.30. The summed E-state index contributed by atoms with van der Waals surface area (Å²) in [5, 5.41) is 0.399. The lowest BCUT2D eigenvalue weighted by Gasteiger charge is -2.19. The van der Waals surface area contributed by atoms with E-state index in [1.54, 1.807) is 31.0 Å². The van der Waals surface area contributed by atoms with Crippen LogP contribution in [0.15, 0.2) is 41.3 Å². The lowest BCUT2D eigenvalue weighted by Crippen LogP contribution is -2.10. The smallest absolute Gasteiger partial charge is 0.337 e. The van der Waals surface area contributed by atoms with Crippen LogP contribution in [-0.2, 0) is 15.9 Å². The van der Waals surface area contributed by atoms with E-state index < -0.39 is 5.97 Å². The summed E-state index contributed by atoms with van der Waals surface area (Å²) in [6.45, 7) is 6.59. The van der Waals surface area contributed by atoms with E-state index in [4.69, 9.17) is 21.1 Å². The molecule has 0 aliphatic rings. The molecule has 0 heterocycles. The predicted molar refractivity (Wildman–Crippen MR) is 104 cm³/mol. The molecular formula is C20H23ClO3S. The molecule has 0 atom stereocenters. The van der Waals surface area contributed by atoms with Crippen molar-refractivity contribution in [2.24, 2.45) is 0 Å². The van der Waals surface area contributed by atoms with Gasteiger partial charge in [0.15, 0.2) is 5.75 Å². The van der Waals surface area contributed by atoms with Gasteiger partial charge in [0.25, 0.3) is 0 Å². The van der Waals surface area contributed by atoms with Gasteiger partial charge in [0.1, 0.15) is 0 Å². The van der Waals surface area contributed by atoms with Crippen LogP contribution in [-0.4, -0.2) is 20.2 Å². The average Bonchev–Trinajstić information content (AvgIpc) is 2.58. The summed E-state index contributed by atoms with van der Waals surface area (Å²) in [4.78, 5) is 12.6. The quantitative estimate of drug-likeness (QED) is 0.492. The zero-order valence-corrected chi connectivity index (χ0v) is 16.8. The van der Waals surface area contributed by atoms with Gasteiger partial charge in [-0.3, -0.25) is 0 Å². The van der Waals surface area contributed by atoms with Crippen LogP contribution in [0.4, 0.5) is 0 Å². The van der Waals surface area contributed by atoms with Crippen LogP contribution < -0.4 is 4.74 Å². The third-order valence-electron chi connectivity index (χ3n) is 3.85. The predicted octanol–water partition coefficient (Wildman–Crippen LogP) is 5.73. The van der Waals surface area contributed by atoms with Gasteiger partial charge in [0, 0.05) is 5.75 Å². The minimum atomic E-state index is -0.416. The molecule has 134 valence electrons. The lowest BCUT2D eigenvalue weighted by atomic mass is 9.87. The van der Waals surface area contributed by atoms with E-state index in [9.17, 15) is 4.79 Å². The summed E-state index contributed by atoms with van der Waals surface area (Å²) >= 11 is 7.82. The molecule has 2 aromatic rings. The average molecular weight is 379 g/mol. The van der Waals surface area contributed by atoms with Gasteiger partial charge in [-0.1, -0.05) is 56.6 Å². The van der Waals surface area contributed by atoms with Crippen molar-refractivity contribution in [1.29, 1.82) is 0 Å². The SMILES string of the molecule is COC(=O)c1cc(Cl)c(OC)c(SCc2ccc(C(C)(C)C)cc2)c1. The molecule has 0 spiro atoms. The Balaban J connectivity index is 2.22. The van der Waals surface area contributed by atoms with E-state index in [0.717, 1.165) is 10.6 Å². The molecule has 2 aromatic carbocycles. The van der Waals surface area contributed by atoms with Crippen molar-refractivity contribution < 1.29 is 14.3 Å². The third-order valence-corrected chi connectivity index (χ3v) is 5.22. The number of ether oxygens (including phenoxy) is 2. The number of carbonyl (C=O) groups is 1. The third kappa shape index (κ3) is 4.93. The number of hydrogen-bond acceptors (Lipinski definition) is 4. The Labute approximate surface area is 158 Å². The van der Waals surface area contributed by atoms with E-state index in [1.165, 1.54) is 18.2 Å². The summed E-state index contributed by atoms with van der Waals surface area (Å²) < 4.78 is 10.2. The van der Waals surface area contributed by atoms with Crippen molar-refractivity contribution in [3.8, 4) is 5.75 Å². The number of halogens is 1. The maximum absolute atomic E-state index is 11.8. The van der Waals surface area contributed by atoms with Crippen LogP contribution in [0.5, 0.6) is 5.75 Å². The Morgan fingerprint density at radius 1 is 1.12 bits per heavy atom. The molecule has 0 N–H and O–H groups in total. The van der Waals surface area contributed by atoms with Crippen molar-refractivity contribution in [3.63, 3.8) is 0 Å². The highest BCUT2D eigenvalue weighted by Crippen LogP contribution is 2.38. The number of esters is 1. The van der Waals surface area contributed by atoms with E-state index in [0.29, 0.717) is 16.3 Å². The Morgan fingerprint density at radius 2 is 1.76 bits per heavy atom. The summed E-state index contributed by atoms with van der Waals surface area (Å²) in [5.41, 5.74) is 3.05.